The molecule has 0 radical (unpaired) electrons. The molecule has 40 heteroatoms. The number of nitrogens with zero attached hydrogens (tertiary/aromatic N) is 17. The summed E-state index contributed by atoms with van der Waals surface area (Å²) in [6, 6.07) is 70.0. The van der Waals surface area contributed by atoms with Crippen LogP contribution in [0.5, 0.6) is 28.7 Å². The monoisotopic (exact) mass is 1900 g/mol. The van der Waals surface area contributed by atoms with Crippen LogP contribution in [-0.4, -0.2) is 133 Å². The van der Waals surface area contributed by atoms with Gasteiger partial charge >= 0.3 is 5.97 Å². The molecule has 0 spiro atoms. The molecule has 7 amide bonds. The second-order valence-electron chi connectivity index (χ2n) is 29.6. The maximum atomic E-state index is 13.2. The maximum Gasteiger partial charge on any atom is 0.341 e. The fraction of sp³-hybridized carbons (Fsp3) is 0.0594. The maximum absolute atomic E-state index is 13.2. The molecule has 17 rings (SSSR count). The first-order chi connectivity index (χ1) is 68.6. The zero-order chi connectivity index (χ0) is 99.1. The number of unbranched alkanes of at least 4 members (excludes halogenated alkanes) is 2. The molecule has 0 saturated carbocycles. The number of azo groups is 4. The van der Waals surface area contributed by atoms with Crippen LogP contribution in [0, 0.1) is 0 Å². The molecule has 0 aliphatic rings. The SMILES string of the molecule is C=COCCCCCOc1ccc(NC(=O)c2cc3ccccc3c(N=Nc3ncccc3C(N)=O)c2O)cc1.COC(=O)c1cccnc1N=Nc1c(O)c(C(=O)Nc2ncccn2)cc2ccccc12.NC(=O)c1ccc(NC(=O)c2cc3cc(Cl)ccc3c(N=Nc3cccnn3)c2O)cc1.O=C(Nc1ncccn1)c1cccnc1N=Nc1c(O)c(C(=O)Nc2ccccc2)cc2ccccc12. The highest BCUT2D eigenvalue weighted by atomic mass is 35.5. The fourth-order valence-corrected chi connectivity index (χ4v) is 13.7. The van der Waals surface area contributed by atoms with Crippen LogP contribution in [0.2, 0.25) is 5.02 Å². The van der Waals surface area contributed by atoms with Gasteiger partial charge in [0.1, 0.15) is 34.1 Å². The van der Waals surface area contributed by atoms with Crippen LogP contribution < -0.4 is 42.8 Å². The molecule has 11 aromatic carbocycles. The summed E-state index contributed by atoms with van der Waals surface area (Å²) < 4.78 is 15.6. The van der Waals surface area contributed by atoms with E-state index in [0.29, 0.717) is 89.7 Å². The van der Waals surface area contributed by atoms with Gasteiger partial charge in [-0.05, 0) is 199 Å². The number of anilines is 5. The highest BCUT2D eigenvalue weighted by molar-refractivity contribution is 6.31. The lowest BCUT2D eigenvalue weighted by Crippen LogP contribution is -2.14. The molecule has 0 aliphatic heterocycles. The van der Waals surface area contributed by atoms with Crippen molar-refractivity contribution < 1.29 is 73.0 Å². The smallest absolute Gasteiger partial charge is 0.341 e. The Hall–Kier alpha value is -19.9. The number of hydrogen-bond acceptors (Lipinski definition) is 32. The highest BCUT2D eigenvalue weighted by Crippen LogP contribution is 2.45. The van der Waals surface area contributed by atoms with Crippen molar-refractivity contribution in [1.82, 2.24) is 45.1 Å². The normalized spacial score (nSPS) is 10.9. The number of aromatic hydroxyl groups is 4. The van der Waals surface area contributed by atoms with Crippen molar-refractivity contribution >= 4 is 177 Å². The Kier molecular flexibility index (Phi) is 32.5. The number of fused-ring (bicyclic) bond motifs is 4. The summed E-state index contributed by atoms with van der Waals surface area (Å²) in [5.74, 6) is -5.03. The van der Waals surface area contributed by atoms with Crippen LogP contribution in [0.25, 0.3) is 43.1 Å². The number of primary amides is 2. The number of nitrogens with one attached hydrogen (secondary N) is 5. The van der Waals surface area contributed by atoms with E-state index < -0.39 is 53.1 Å². The van der Waals surface area contributed by atoms with E-state index in [1.165, 1.54) is 118 Å². The second-order valence-corrected chi connectivity index (χ2v) is 30.0. The standard InChI is InChI=1S/C30H29N5O5.C27H19N7O3.C22H15ClN6O3.C22H16N6O4/c1-2-39-17-6-3-7-18-40-22-14-12-21(13-15-22)33-30(38)25-19-20-9-4-5-10-23(20)26(27(25)36)34-35-29-24(28(31)37)11-8-16-32-29;35-23-21(26(37)31-18-9-2-1-3-10-18)16-17-8-4-5-11-19(17)22(23)33-34-24-20(12-6-13-28-24)25(36)32-27-29-14-7-15-30-27;23-14-5-8-16-13(10-14)11-17(20(30)19(16)29-28-18-2-1-9-25-27-18)22(32)26-15-6-3-12(4-7-15)21(24)31;1-32-21(31)15-8-4-9-23-19(15)28-27-17-14-7-3-2-6-13(14)12-16(18(17)29)20(30)26-22-24-10-5-11-25-22/h2,4-5,8-16,19,36H,1,3,6-7,17-18H2,(H2,31,37)(H,33,38);1-16,35H,(H,31,37)(H,29,30,32,36);1-11,30H,(H2,24,31)(H,26,32);2-12,29H,1H3,(H,24,25,26,30). The number of ether oxygens (including phenoxy) is 3. The number of hydrogen-bond donors (Lipinski definition) is 11. The van der Waals surface area contributed by atoms with Gasteiger partial charge in [0.25, 0.3) is 35.4 Å². The molecule has 0 atom stereocenters. The summed E-state index contributed by atoms with van der Waals surface area (Å²) in [4.78, 5) is 128. The molecule has 13 N–H and O–H groups in total. The van der Waals surface area contributed by atoms with Gasteiger partial charge in [-0.3, -0.25) is 44.2 Å². The molecule has 39 nitrogen and oxygen atoms in total. The van der Waals surface area contributed by atoms with Gasteiger partial charge in [0.2, 0.25) is 17.8 Å². The van der Waals surface area contributed by atoms with Crippen molar-refractivity contribution in [3.63, 3.8) is 0 Å². The van der Waals surface area contributed by atoms with Gasteiger partial charge in [0, 0.05) is 98.8 Å². The third-order valence-electron chi connectivity index (χ3n) is 20.3. The third kappa shape index (κ3) is 25.2. The number of phenols is 4. The van der Waals surface area contributed by atoms with Crippen molar-refractivity contribution in [2.75, 3.05) is 46.9 Å². The molecule has 0 unspecified atom stereocenters. The number of aromatic nitrogens is 9. The number of para-hydroxylation sites is 1. The van der Waals surface area contributed by atoms with E-state index in [9.17, 15) is 58.8 Å². The van der Waals surface area contributed by atoms with Crippen LogP contribution >= 0.6 is 11.6 Å². The molecule has 0 aliphatic carbocycles. The highest BCUT2D eigenvalue weighted by Gasteiger charge is 2.26. The lowest BCUT2D eigenvalue weighted by Gasteiger charge is -2.12. The molecule has 17 aromatic rings. The topological polar surface area (TPSA) is 572 Å². The van der Waals surface area contributed by atoms with E-state index >= 15 is 0 Å². The van der Waals surface area contributed by atoms with Gasteiger partial charge < -0.3 is 62.1 Å². The molecule has 0 bridgehead atoms. The first kappa shape index (κ1) is 97.2. The van der Waals surface area contributed by atoms with Crippen LogP contribution in [0.4, 0.5) is 75.0 Å². The average molecular weight is 1900 g/mol. The molecule has 0 saturated heterocycles. The van der Waals surface area contributed by atoms with E-state index in [-0.39, 0.29) is 114 Å². The average Bonchev–Trinajstić information content (AvgIpc) is 0.780. The van der Waals surface area contributed by atoms with Gasteiger partial charge in [-0.15, -0.1) is 46.0 Å². The number of phenolic OH excluding ortho intramolecular Hbond substituents is 4. The Bertz CT molecular complexity index is 7660. The van der Waals surface area contributed by atoms with Gasteiger partial charge in [-0.25, -0.2) is 39.7 Å². The number of amides is 7. The minimum Gasteiger partial charge on any atom is -0.505 e. The minimum absolute atomic E-state index is 0.00245. The largest absolute Gasteiger partial charge is 0.505 e. The Balaban J connectivity index is 0.000000150. The summed E-state index contributed by atoms with van der Waals surface area (Å²) in [7, 11) is 1.24. The number of pyridine rings is 3. The molecular formula is C101H79ClN24O15. The van der Waals surface area contributed by atoms with Crippen LogP contribution in [0.3, 0.4) is 0 Å². The Morgan fingerprint density at radius 2 is 0.752 bits per heavy atom. The lowest BCUT2D eigenvalue weighted by molar-refractivity contribution is 0.0600. The molecular weight excluding hydrogens is 1820 g/mol. The van der Waals surface area contributed by atoms with Crippen LogP contribution in [0.15, 0.2) is 358 Å². The summed E-state index contributed by atoms with van der Waals surface area (Å²) in [6.07, 6.45) is 16.1. The second kappa shape index (κ2) is 47.2. The van der Waals surface area contributed by atoms with E-state index in [0.717, 1.165) is 19.3 Å². The van der Waals surface area contributed by atoms with E-state index in [1.807, 2.05) is 12.1 Å². The number of carbonyl (C=O) groups is 8. The van der Waals surface area contributed by atoms with Gasteiger partial charge in [-0.1, -0.05) is 115 Å². The molecule has 6 aromatic heterocycles. The first-order valence-corrected chi connectivity index (χ1v) is 42.8. The third-order valence-corrected chi connectivity index (χ3v) is 20.5. The molecule has 0 fully saturated rings. The molecule has 700 valence electrons. The Labute approximate surface area is 804 Å². The Morgan fingerprint density at radius 1 is 0.362 bits per heavy atom. The predicted octanol–water partition coefficient (Wildman–Crippen LogP) is 21.0. The molecule has 6 heterocycles. The number of rotatable bonds is 29. The number of methoxy groups -OCH3 is 1. The predicted molar refractivity (Wildman–Crippen MR) is 526 cm³/mol. The summed E-state index contributed by atoms with van der Waals surface area (Å²) in [6.45, 7) is 4.73. The number of halogens is 1. The summed E-state index contributed by atoms with van der Waals surface area (Å²) in [5.41, 5.74) is 13.0. The van der Waals surface area contributed by atoms with E-state index in [1.54, 1.807) is 188 Å². The number of nitrogens with two attached hydrogens (primary N) is 2. The van der Waals surface area contributed by atoms with Crippen LogP contribution in [0.1, 0.15) is 102 Å². The Morgan fingerprint density at radius 3 is 1.21 bits per heavy atom. The van der Waals surface area contributed by atoms with Gasteiger partial charge in [0.15, 0.2) is 46.3 Å². The van der Waals surface area contributed by atoms with Gasteiger partial charge in [-0.2, -0.15) is 5.10 Å². The van der Waals surface area contributed by atoms with E-state index in [2.05, 4.69) is 119 Å². The van der Waals surface area contributed by atoms with Crippen molar-refractivity contribution in [3.8, 4) is 28.7 Å². The van der Waals surface area contributed by atoms with Crippen molar-refractivity contribution in [1.29, 1.82) is 0 Å². The number of carbonyl (C=O) groups excluding carboxylic acids is 8. The fourth-order valence-electron chi connectivity index (χ4n) is 13.5. The zero-order valence-corrected chi connectivity index (χ0v) is 74.9. The van der Waals surface area contributed by atoms with Crippen molar-refractivity contribution in [2.45, 2.75) is 19.3 Å². The minimum atomic E-state index is -0.713. The van der Waals surface area contributed by atoms with Crippen molar-refractivity contribution in [2.24, 2.45) is 52.4 Å². The first-order valence-electron chi connectivity index (χ1n) is 42.5. The zero-order valence-electron chi connectivity index (χ0n) is 74.1. The number of benzene rings is 11. The van der Waals surface area contributed by atoms with Gasteiger partial charge in [0.05, 0.1) is 60.0 Å². The number of esters is 1. The van der Waals surface area contributed by atoms with Crippen molar-refractivity contribution in [3.05, 3.63) is 367 Å². The quantitative estimate of drug-likeness (QED) is 0.00897. The lowest BCUT2D eigenvalue weighted by atomic mass is 10.0. The van der Waals surface area contributed by atoms with Crippen LogP contribution in [-0.2, 0) is 9.47 Å². The van der Waals surface area contributed by atoms with E-state index in [4.69, 9.17) is 37.3 Å². The molecule has 141 heavy (non-hydrogen) atoms. The summed E-state index contributed by atoms with van der Waals surface area (Å²) in [5, 5.41) is 103. The summed E-state index contributed by atoms with van der Waals surface area (Å²) >= 11 is 6.11.